The second-order valence-electron chi connectivity index (χ2n) is 4.44. The van der Waals surface area contributed by atoms with Crippen LogP contribution in [0.5, 0.6) is 0 Å². The Balaban J connectivity index is 2.65. The molecule has 1 unspecified atom stereocenters. The first-order valence-corrected chi connectivity index (χ1v) is 5.70. The summed E-state index contributed by atoms with van der Waals surface area (Å²) in [6, 6.07) is -0.489. The number of hydrogen-bond donors (Lipinski definition) is 3. The zero-order chi connectivity index (χ0) is 11.5. The van der Waals surface area contributed by atoms with Crippen LogP contribution in [-0.4, -0.2) is 34.4 Å². The van der Waals surface area contributed by atoms with Gasteiger partial charge in [0.2, 0.25) is 0 Å². The van der Waals surface area contributed by atoms with E-state index in [4.69, 9.17) is 5.11 Å². The Morgan fingerprint density at radius 1 is 1.47 bits per heavy atom. The average Bonchev–Trinajstić information content (AvgIpc) is 3.04. The van der Waals surface area contributed by atoms with E-state index in [1.165, 1.54) is 0 Å². The number of carbonyl (C=O) groups is 1. The molecule has 4 nitrogen and oxygen atoms in total. The number of aliphatic hydroxyl groups excluding tert-OH is 1. The van der Waals surface area contributed by atoms with Crippen LogP contribution in [0.15, 0.2) is 0 Å². The summed E-state index contributed by atoms with van der Waals surface area (Å²) in [5.41, 5.74) is -0.425. The van der Waals surface area contributed by atoms with Crippen molar-refractivity contribution in [2.75, 3.05) is 6.61 Å². The third kappa shape index (κ3) is 2.92. The van der Waals surface area contributed by atoms with Crippen molar-refractivity contribution in [2.24, 2.45) is 5.92 Å². The minimum Gasteiger partial charge on any atom is -0.480 e. The van der Waals surface area contributed by atoms with Gasteiger partial charge in [-0.25, -0.2) is 0 Å². The molecule has 0 aromatic carbocycles. The average molecular weight is 215 g/mol. The number of hydrogen-bond acceptors (Lipinski definition) is 3. The lowest BCUT2D eigenvalue weighted by Crippen LogP contribution is -2.55. The number of rotatable bonds is 7. The molecule has 88 valence electrons. The van der Waals surface area contributed by atoms with Crippen LogP contribution in [0.25, 0.3) is 0 Å². The molecule has 1 aliphatic carbocycles. The summed E-state index contributed by atoms with van der Waals surface area (Å²) in [4.78, 5) is 11.1. The molecule has 0 aromatic rings. The quantitative estimate of drug-likeness (QED) is 0.592. The minimum atomic E-state index is -0.794. The van der Waals surface area contributed by atoms with E-state index in [0.29, 0.717) is 0 Å². The van der Waals surface area contributed by atoms with Crippen LogP contribution in [0, 0.1) is 5.92 Å². The third-order valence-corrected chi connectivity index (χ3v) is 3.48. The molecule has 1 saturated carbocycles. The van der Waals surface area contributed by atoms with Crippen molar-refractivity contribution in [1.82, 2.24) is 5.32 Å². The lowest BCUT2D eigenvalue weighted by molar-refractivity contribution is -0.141. The Hall–Kier alpha value is -0.610. The van der Waals surface area contributed by atoms with Crippen molar-refractivity contribution >= 4 is 5.97 Å². The maximum atomic E-state index is 11.1. The molecule has 4 heteroatoms. The highest BCUT2D eigenvalue weighted by atomic mass is 16.4. The maximum absolute atomic E-state index is 11.1. The largest absolute Gasteiger partial charge is 0.480 e. The molecule has 0 saturated heterocycles. The van der Waals surface area contributed by atoms with Crippen LogP contribution in [-0.2, 0) is 4.79 Å². The monoisotopic (exact) mass is 215 g/mol. The molecule has 1 rings (SSSR count). The van der Waals surface area contributed by atoms with Crippen molar-refractivity contribution in [1.29, 1.82) is 0 Å². The van der Waals surface area contributed by atoms with Crippen LogP contribution in [0.3, 0.4) is 0 Å². The SMILES string of the molecule is CCC(CC)(CO)NC(C(=O)O)C1CC1. The van der Waals surface area contributed by atoms with E-state index in [2.05, 4.69) is 5.32 Å². The van der Waals surface area contributed by atoms with Gasteiger partial charge in [0.1, 0.15) is 6.04 Å². The predicted molar refractivity (Wildman–Crippen MR) is 57.7 cm³/mol. The summed E-state index contributed by atoms with van der Waals surface area (Å²) in [5, 5.41) is 21.6. The summed E-state index contributed by atoms with van der Waals surface area (Å²) in [5.74, 6) is -0.538. The molecule has 15 heavy (non-hydrogen) atoms. The summed E-state index contributed by atoms with van der Waals surface area (Å²) >= 11 is 0. The molecule has 1 aliphatic rings. The first-order valence-electron chi connectivity index (χ1n) is 5.70. The number of nitrogens with one attached hydrogen (secondary N) is 1. The second-order valence-corrected chi connectivity index (χ2v) is 4.44. The number of aliphatic carboxylic acids is 1. The fraction of sp³-hybridized carbons (Fsp3) is 0.909. The highest BCUT2D eigenvalue weighted by molar-refractivity contribution is 5.74. The van der Waals surface area contributed by atoms with Gasteiger partial charge in [0.25, 0.3) is 0 Å². The van der Waals surface area contributed by atoms with E-state index in [1.54, 1.807) is 0 Å². The van der Waals surface area contributed by atoms with Crippen LogP contribution in [0.2, 0.25) is 0 Å². The molecule has 1 atom stereocenters. The van der Waals surface area contributed by atoms with Gasteiger partial charge in [-0.05, 0) is 31.6 Å². The Kier molecular flexibility index (Phi) is 4.11. The van der Waals surface area contributed by atoms with Crippen LogP contribution < -0.4 is 5.32 Å². The van der Waals surface area contributed by atoms with Crippen LogP contribution in [0.4, 0.5) is 0 Å². The molecule has 0 aliphatic heterocycles. The Morgan fingerprint density at radius 2 is 2.00 bits per heavy atom. The summed E-state index contributed by atoms with van der Waals surface area (Å²) in [7, 11) is 0. The molecular formula is C11H21NO3. The van der Waals surface area contributed by atoms with E-state index < -0.39 is 17.6 Å². The lowest BCUT2D eigenvalue weighted by atomic mass is 9.92. The summed E-state index contributed by atoms with van der Waals surface area (Å²) in [6.45, 7) is 3.94. The van der Waals surface area contributed by atoms with Crippen molar-refractivity contribution < 1.29 is 15.0 Å². The van der Waals surface area contributed by atoms with Crippen molar-refractivity contribution in [2.45, 2.75) is 51.1 Å². The van der Waals surface area contributed by atoms with Crippen LogP contribution >= 0.6 is 0 Å². The fourth-order valence-electron chi connectivity index (χ4n) is 1.86. The summed E-state index contributed by atoms with van der Waals surface area (Å²) in [6.07, 6.45) is 3.46. The van der Waals surface area contributed by atoms with Gasteiger partial charge in [0.15, 0.2) is 0 Å². The van der Waals surface area contributed by atoms with Gasteiger partial charge >= 0.3 is 5.97 Å². The first-order chi connectivity index (χ1) is 7.08. The predicted octanol–water partition coefficient (Wildman–Crippen LogP) is 0.990. The van der Waals surface area contributed by atoms with Crippen molar-refractivity contribution in [3.05, 3.63) is 0 Å². The third-order valence-electron chi connectivity index (χ3n) is 3.48. The maximum Gasteiger partial charge on any atom is 0.321 e. The normalized spacial score (nSPS) is 18.9. The van der Waals surface area contributed by atoms with E-state index in [9.17, 15) is 9.90 Å². The van der Waals surface area contributed by atoms with Gasteiger partial charge in [-0.15, -0.1) is 0 Å². The number of aliphatic hydroxyl groups is 1. The molecule has 0 amide bonds. The van der Waals surface area contributed by atoms with Gasteiger partial charge in [-0.2, -0.15) is 0 Å². The molecule has 0 spiro atoms. The van der Waals surface area contributed by atoms with Crippen LogP contribution in [0.1, 0.15) is 39.5 Å². The molecular weight excluding hydrogens is 194 g/mol. The van der Waals surface area contributed by atoms with E-state index in [-0.39, 0.29) is 12.5 Å². The number of carboxylic acid groups (broad SMARTS) is 1. The van der Waals surface area contributed by atoms with Crippen molar-refractivity contribution in [3.63, 3.8) is 0 Å². The molecule has 3 N–H and O–H groups in total. The van der Waals surface area contributed by atoms with E-state index in [1.807, 2.05) is 13.8 Å². The van der Waals surface area contributed by atoms with Gasteiger partial charge in [-0.3, -0.25) is 10.1 Å². The van der Waals surface area contributed by atoms with Gasteiger partial charge in [0, 0.05) is 5.54 Å². The van der Waals surface area contributed by atoms with Crippen molar-refractivity contribution in [3.8, 4) is 0 Å². The molecule has 0 aromatic heterocycles. The number of carboxylic acids is 1. The lowest BCUT2D eigenvalue weighted by Gasteiger charge is -2.34. The van der Waals surface area contributed by atoms with Gasteiger partial charge in [-0.1, -0.05) is 13.8 Å². The fourth-order valence-corrected chi connectivity index (χ4v) is 1.86. The Morgan fingerprint density at radius 3 is 2.27 bits per heavy atom. The van der Waals surface area contributed by atoms with E-state index in [0.717, 1.165) is 25.7 Å². The molecule has 0 bridgehead atoms. The zero-order valence-corrected chi connectivity index (χ0v) is 9.49. The van der Waals surface area contributed by atoms with E-state index >= 15 is 0 Å². The molecule has 0 heterocycles. The molecule has 1 fully saturated rings. The highest BCUT2D eigenvalue weighted by Crippen LogP contribution is 2.34. The zero-order valence-electron chi connectivity index (χ0n) is 9.49. The first kappa shape index (κ1) is 12.5. The second kappa shape index (κ2) is 4.94. The minimum absolute atomic E-state index is 0.00347. The molecule has 0 radical (unpaired) electrons. The van der Waals surface area contributed by atoms with Gasteiger partial charge < -0.3 is 10.2 Å². The standard InChI is InChI=1S/C11H21NO3/c1-3-11(4-2,7-13)12-9(10(14)15)8-5-6-8/h8-9,12-13H,3-7H2,1-2H3,(H,14,15). The topological polar surface area (TPSA) is 69.6 Å². The highest BCUT2D eigenvalue weighted by Gasteiger charge is 2.40. The Labute approximate surface area is 90.7 Å². The van der Waals surface area contributed by atoms with Gasteiger partial charge in [0.05, 0.1) is 6.61 Å². The summed E-state index contributed by atoms with van der Waals surface area (Å²) < 4.78 is 0. The smallest absolute Gasteiger partial charge is 0.321 e. The Bertz CT molecular complexity index is 214.